The number of nitrogens with zero attached hydrogens (tertiary/aromatic N) is 1. The van der Waals surface area contributed by atoms with Crippen molar-refractivity contribution in [3.8, 4) is 0 Å². The Morgan fingerprint density at radius 3 is 2.65 bits per heavy atom. The van der Waals surface area contributed by atoms with E-state index in [9.17, 15) is 14.4 Å². The van der Waals surface area contributed by atoms with E-state index in [1.54, 1.807) is 18.3 Å². The lowest BCUT2D eigenvalue weighted by atomic mass is 10.1. The molecule has 106 valence electrons. The summed E-state index contributed by atoms with van der Waals surface area (Å²) in [5.41, 5.74) is 0.492. The Hall–Kier alpha value is -2.24. The smallest absolute Gasteiger partial charge is 0.239 e. The molecule has 1 aliphatic rings. The van der Waals surface area contributed by atoms with E-state index in [-0.39, 0.29) is 43.0 Å². The normalized spacial score (nSPS) is 13.6. The Kier molecular flexibility index (Phi) is 4.81. The van der Waals surface area contributed by atoms with Gasteiger partial charge in [0.15, 0.2) is 5.78 Å². The van der Waals surface area contributed by atoms with Gasteiger partial charge in [0.1, 0.15) is 0 Å². The molecule has 1 fully saturated rings. The number of hydrogen-bond acceptors (Lipinski definition) is 4. The van der Waals surface area contributed by atoms with Gasteiger partial charge in [0.2, 0.25) is 11.8 Å². The summed E-state index contributed by atoms with van der Waals surface area (Å²) in [5, 5.41) is 5.27. The highest BCUT2D eigenvalue weighted by Crippen LogP contribution is 2.18. The third-order valence-corrected chi connectivity index (χ3v) is 2.95. The van der Waals surface area contributed by atoms with E-state index in [1.165, 1.54) is 6.20 Å². The predicted octanol–water partition coefficient (Wildman–Crippen LogP) is 0.439. The van der Waals surface area contributed by atoms with Crippen LogP contribution in [0.25, 0.3) is 0 Å². The molecule has 1 aromatic heterocycles. The van der Waals surface area contributed by atoms with Crippen molar-refractivity contribution in [2.45, 2.75) is 31.7 Å². The van der Waals surface area contributed by atoms with Gasteiger partial charge in [-0.25, -0.2) is 0 Å². The molecular weight excluding hydrogens is 258 g/mol. The van der Waals surface area contributed by atoms with Gasteiger partial charge in [-0.15, -0.1) is 0 Å². The third kappa shape index (κ3) is 4.79. The number of aromatic nitrogens is 1. The highest BCUT2D eigenvalue weighted by Gasteiger charge is 2.23. The molecule has 20 heavy (non-hydrogen) atoms. The summed E-state index contributed by atoms with van der Waals surface area (Å²) in [4.78, 5) is 38.5. The van der Waals surface area contributed by atoms with E-state index in [2.05, 4.69) is 15.6 Å². The minimum absolute atomic E-state index is 0.0313. The number of amides is 2. The average molecular weight is 275 g/mol. The molecule has 6 nitrogen and oxygen atoms in total. The van der Waals surface area contributed by atoms with E-state index in [0.717, 1.165) is 12.8 Å². The molecule has 1 heterocycles. The van der Waals surface area contributed by atoms with E-state index < -0.39 is 0 Å². The number of carbonyl (C=O) groups excluding carboxylic acids is 3. The molecule has 0 aromatic carbocycles. The molecule has 2 rings (SSSR count). The van der Waals surface area contributed by atoms with Gasteiger partial charge in [-0.3, -0.25) is 19.4 Å². The highest BCUT2D eigenvalue weighted by molar-refractivity contribution is 5.97. The monoisotopic (exact) mass is 275 g/mol. The zero-order valence-corrected chi connectivity index (χ0v) is 11.1. The standard InChI is InChI=1S/C14H17N3O3/c18-12(10-2-1-7-15-8-10)5-6-13(19)16-9-14(20)17-11-3-4-11/h1-2,7-8,11H,3-6,9H2,(H,16,19)(H,17,20). The average Bonchev–Trinajstić information content (AvgIpc) is 3.27. The van der Waals surface area contributed by atoms with Crippen LogP contribution < -0.4 is 10.6 Å². The molecule has 0 spiro atoms. The molecule has 2 N–H and O–H groups in total. The summed E-state index contributed by atoms with van der Waals surface area (Å²) in [7, 11) is 0. The SMILES string of the molecule is O=C(CCC(=O)c1cccnc1)NCC(=O)NC1CC1. The number of nitrogens with one attached hydrogen (secondary N) is 2. The van der Waals surface area contributed by atoms with Crippen molar-refractivity contribution < 1.29 is 14.4 Å². The second kappa shape index (κ2) is 6.79. The molecule has 0 aliphatic heterocycles. The lowest BCUT2D eigenvalue weighted by Crippen LogP contribution is -2.37. The van der Waals surface area contributed by atoms with Crippen LogP contribution in [0.2, 0.25) is 0 Å². The summed E-state index contributed by atoms with van der Waals surface area (Å²) in [6, 6.07) is 3.62. The zero-order valence-electron chi connectivity index (χ0n) is 11.1. The number of rotatable bonds is 7. The van der Waals surface area contributed by atoms with Gasteiger partial charge in [0.25, 0.3) is 0 Å². The Morgan fingerprint density at radius 2 is 2.00 bits per heavy atom. The lowest BCUT2D eigenvalue weighted by Gasteiger charge is -2.05. The van der Waals surface area contributed by atoms with Crippen molar-refractivity contribution in [3.05, 3.63) is 30.1 Å². The summed E-state index contributed by atoms with van der Waals surface area (Å²) >= 11 is 0. The summed E-state index contributed by atoms with van der Waals surface area (Å²) in [6.45, 7) is -0.0313. The van der Waals surface area contributed by atoms with Crippen molar-refractivity contribution in [2.24, 2.45) is 0 Å². The summed E-state index contributed by atoms with van der Waals surface area (Å²) in [6.07, 6.45) is 5.27. The Morgan fingerprint density at radius 1 is 1.20 bits per heavy atom. The maximum absolute atomic E-state index is 11.7. The van der Waals surface area contributed by atoms with E-state index in [4.69, 9.17) is 0 Å². The van der Waals surface area contributed by atoms with Gasteiger partial charge < -0.3 is 10.6 Å². The maximum Gasteiger partial charge on any atom is 0.239 e. The molecule has 0 radical (unpaired) electrons. The number of ketones is 1. The van der Waals surface area contributed by atoms with Crippen LogP contribution in [0.5, 0.6) is 0 Å². The quantitative estimate of drug-likeness (QED) is 0.707. The van der Waals surface area contributed by atoms with Gasteiger partial charge in [-0.1, -0.05) is 0 Å². The van der Waals surface area contributed by atoms with Crippen molar-refractivity contribution in [3.63, 3.8) is 0 Å². The third-order valence-electron chi connectivity index (χ3n) is 2.95. The van der Waals surface area contributed by atoms with E-state index in [1.807, 2.05) is 0 Å². The lowest BCUT2D eigenvalue weighted by molar-refractivity contribution is -0.126. The fourth-order valence-electron chi connectivity index (χ4n) is 1.67. The number of Topliss-reactive ketones (excluding diaryl/α,β-unsaturated/α-hetero) is 1. The fraction of sp³-hybridized carbons (Fsp3) is 0.429. The van der Waals surface area contributed by atoms with Crippen molar-refractivity contribution in [1.82, 2.24) is 15.6 Å². The van der Waals surface area contributed by atoms with Crippen LogP contribution in [0.4, 0.5) is 0 Å². The molecule has 0 bridgehead atoms. The first-order valence-electron chi connectivity index (χ1n) is 6.64. The molecule has 1 aromatic rings. The maximum atomic E-state index is 11.7. The molecule has 2 amide bonds. The van der Waals surface area contributed by atoms with E-state index >= 15 is 0 Å². The van der Waals surface area contributed by atoms with Crippen LogP contribution in [0.1, 0.15) is 36.0 Å². The second-order valence-corrected chi connectivity index (χ2v) is 4.78. The zero-order chi connectivity index (χ0) is 14.4. The minimum Gasteiger partial charge on any atom is -0.352 e. The Bertz CT molecular complexity index is 498. The number of pyridine rings is 1. The summed E-state index contributed by atoms with van der Waals surface area (Å²) < 4.78 is 0. The van der Waals surface area contributed by atoms with Gasteiger partial charge >= 0.3 is 0 Å². The number of carbonyl (C=O) groups is 3. The molecule has 1 saturated carbocycles. The predicted molar refractivity (Wildman–Crippen MR) is 72.0 cm³/mol. The molecular formula is C14H17N3O3. The van der Waals surface area contributed by atoms with Gasteiger partial charge in [0.05, 0.1) is 6.54 Å². The van der Waals surface area contributed by atoms with Crippen LogP contribution in [0.3, 0.4) is 0 Å². The first-order chi connectivity index (χ1) is 9.65. The van der Waals surface area contributed by atoms with Crippen LogP contribution in [0, 0.1) is 0 Å². The highest BCUT2D eigenvalue weighted by atomic mass is 16.2. The number of hydrogen-bond donors (Lipinski definition) is 2. The van der Waals surface area contributed by atoms with Gasteiger partial charge in [-0.2, -0.15) is 0 Å². The minimum atomic E-state index is -0.298. The summed E-state index contributed by atoms with van der Waals surface area (Å²) in [5.74, 6) is -0.608. The Labute approximate surface area is 117 Å². The van der Waals surface area contributed by atoms with Crippen molar-refractivity contribution >= 4 is 17.6 Å². The Balaban J connectivity index is 1.64. The molecule has 0 saturated heterocycles. The first kappa shape index (κ1) is 14.2. The fourth-order valence-corrected chi connectivity index (χ4v) is 1.67. The van der Waals surface area contributed by atoms with Crippen molar-refractivity contribution in [2.75, 3.05) is 6.54 Å². The molecule has 0 unspecified atom stereocenters. The molecule has 1 aliphatic carbocycles. The molecule has 6 heteroatoms. The van der Waals surface area contributed by atoms with Crippen LogP contribution in [0.15, 0.2) is 24.5 Å². The van der Waals surface area contributed by atoms with E-state index in [0.29, 0.717) is 5.56 Å². The first-order valence-corrected chi connectivity index (χ1v) is 6.64. The van der Waals surface area contributed by atoms with Gasteiger partial charge in [-0.05, 0) is 25.0 Å². The van der Waals surface area contributed by atoms with Crippen molar-refractivity contribution in [1.29, 1.82) is 0 Å². The van der Waals surface area contributed by atoms with Crippen LogP contribution in [-0.2, 0) is 9.59 Å². The second-order valence-electron chi connectivity index (χ2n) is 4.78. The van der Waals surface area contributed by atoms with Gasteiger partial charge in [0, 0.05) is 36.8 Å². The molecule has 0 atom stereocenters. The van der Waals surface area contributed by atoms with Crippen LogP contribution in [-0.4, -0.2) is 35.2 Å². The van der Waals surface area contributed by atoms with Crippen LogP contribution >= 0.6 is 0 Å². The topological polar surface area (TPSA) is 88.2 Å². The largest absolute Gasteiger partial charge is 0.352 e.